The summed E-state index contributed by atoms with van der Waals surface area (Å²) in [6.45, 7) is 2.00. The molecule has 1 N–H and O–H groups in total. The van der Waals surface area contributed by atoms with Crippen molar-refractivity contribution in [2.24, 2.45) is 0 Å². The molecule has 0 saturated heterocycles. The minimum Gasteiger partial charge on any atom is -0.479 e. The van der Waals surface area contributed by atoms with E-state index in [9.17, 15) is 0 Å². The number of rotatable bonds is 3. The van der Waals surface area contributed by atoms with E-state index in [0.717, 1.165) is 5.76 Å². The largest absolute Gasteiger partial charge is 0.479 e. The van der Waals surface area contributed by atoms with Crippen LogP contribution in [0.5, 0.6) is 5.88 Å². The second-order valence-electron chi connectivity index (χ2n) is 4.07. The minimum absolute atomic E-state index is 0.0594. The Balaban J connectivity index is 2.24. The lowest BCUT2D eigenvalue weighted by atomic mass is 10.2. The number of aromatic amines is 1. The highest BCUT2D eigenvalue weighted by molar-refractivity contribution is 7.71. The van der Waals surface area contributed by atoms with Gasteiger partial charge >= 0.3 is 0 Å². The number of nitrogens with zero attached hydrogens (tertiary/aromatic N) is 3. The molecule has 6 nitrogen and oxygen atoms in total. The van der Waals surface area contributed by atoms with Gasteiger partial charge in [0.25, 0.3) is 0 Å². The molecule has 0 aromatic carbocycles. The molecule has 0 fully saturated rings. The van der Waals surface area contributed by atoms with E-state index < -0.39 is 0 Å². The van der Waals surface area contributed by atoms with Crippen LogP contribution >= 0.6 is 12.2 Å². The van der Waals surface area contributed by atoms with E-state index in [2.05, 4.69) is 15.0 Å². The molecule has 0 radical (unpaired) electrons. The standard InChI is InChI=1S/C12H12N4O2S/c1-7(8-4-3-5-18-8)16-10-9(15-12(16)19)11(17-2)14-6-13-10/h3-7H,1-2H3,(H,15,19). The van der Waals surface area contributed by atoms with Gasteiger partial charge in [0.1, 0.15) is 17.6 Å². The van der Waals surface area contributed by atoms with Crippen molar-refractivity contribution in [2.45, 2.75) is 13.0 Å². The molecule has 0 aliphatic heterocycles. The summed E-state index contributed by atoms with van der Waals surface area (Å²) in [5, 5.41) is 0. The maximum absolute atomic E-state index is 5.42. The lowest BCUT2D eigenvalue weighted by Gasteiger charge is -2.11. The number of ether oxygens (including phenoxy) is 1. The van der Waals surface area contributed by atoms with Crippen molar-refractivity contribution >= 4 is 23.4 Å². The van der Waals surface area contributed by atoms with Gasteiger partial charge in [0.15, 0.2) is 10.4 Å². The molecule has 7 heteroatoms. The Morgan fingerprint density at radius 3 is 3.00 bits per heavy atom. The summed E-state index contributed by atoms with van der Waals surface area (Å²) in [7, 11) is 1.56. The molecular weight excluding hydrogens is 264 g/mol. The predicted octanol–water partition coefficient (Wildman–Crippen LogP) is 2.70. The summed E-state index contributed by atoms with van der Waals surface area (Å²) >= 11 is 5.35. The first kappa shape index (κ1) is 11.9. The Morgan fingerprint density at radius 2 is 2.32 bits per heavy atom. The van der Waals surface area contributed by atoms with E-state index >= 15 is 0 Å². The third kappa shape index (κ3) is 1.82. The zero-order valence-corrected chi connectivity index (χ0v) is 11.3. The van der Waals surface area contributed by atoms with Gasteiger partial charge in [-0.2, -0.15) is 4.98 Å². The number of nitrogens with one attached hydrogen (secondary N) is 1. The van der Waals surface area contributed by atoms with E-state index in [4.69, 9.17) is 21.4 Å². The number of imidazole rings is 1. The second kappa shape index (κ2) is 4.51. The van der Waals surface area contributed by atoms with Crippen molar-refractivity contribution < 1.29 is 9.15 Å². The zero-order valence-electron chi connectivity index (χ0n) is 10.5. The fraction of sp³-hybridized carbons (Fsp3) is 0.250. The molecule has 0 spiro atoms. The molecule has 3 rings (SSSR count). The maximum atomic E-state index is 5.42. The molecule has 1 unspecified atom stereocenters. The Labute approximate surface area is 114 Å². The summed E-state index contributed by atoms with van der Waals surface area (Å²) in [5.74, 6) is 1.29. The highest BCUT2D eigenvalue weighted by Gasteiger charge is 2.18. The lowest BCUT2D eigenvalue weighted by Crippen LogP contribution is -2.06. The average molecular weight is 276 g/mol. The van der Waals surface area contributed by atoms with Crippen molar-refractivity contribution in [3.8, 4) is 5.88 Å². The topological polar surface area (TPSA) is 68.9 Å². The minimum atomic E-state index is -0.0594. The fourth-order valence-corrected chi connectivity index (χ4v) is 2.43. The molecule has 0 amide bonds. The van der Waals surface area contributed by atoms with Gasteiger partial charge in [-0.05, 0) is 31.3 Å². The van der Waals surface area contributed by atoms with Crippen LogP contribution in [0.3, 0.4) is 0 Å². The van der Waals surface area contributed by atoms with Gasteiger partial charge in [-0.3, -0.25) is 4.57 Å². The molecule has 1 atom stereocenters. The molecular formula is C12H12N4O2S. The summed E-state index contributed by atoms with van der Waals surface area (Å²) < 4.78 is 13.1. The van der Waals surface area contributed by atoms with E-state index in [1.807, 2.05) is 23.6 Å². The quantitative estimate of drug-likeness (QED) is 0.745. The molecule has 19 heavy (non-hydrogen) atoms. The van der Waals surface area contributed by atoms with Gasteiger partial charge in [-0.25, -0.2) is 4.98 Å². The summed E-state index contributed by atoms with van der Waals surface area (Å²) in [5.41, 5.74) is 1.38. The van der Waals surface area contributed by atoms with Gasteiger partial charge in [-0.15, -0.1) is 0 Å². The highest BCUT2D eigenvalue weighted by atomic mass is 32.1. The summed E-state index contributed by atoms with van der Waals surface area (Å²) in [6.07, 6.45) is 3.09. The molecule has 0 aliphatic carbocycles. The Morgan fingerprint density at radius 1 is 1.47 bits per heavy atom. The second-order valence-corrected chi connectivity index (χ2v) is 4.46. The highest BCUT2D eigenvalue weighted by Crippen LogP contribution is 2.26. The number of hydrogen-bond acceptors (Lipinski definition) is 5. The maximum Gasteiger partial charge on any atom is 0.242 e. The van der Waals surface area contributed by atoms with Crippen molar-refractivity contribution in [3.05, 3.63) is 35.3 Å². The van der Waals surface area contributed by atoms with E-state index in [0.29, 0.717) is 21.8 Å². The van der Waals surface area contributed by atoms with Crippen LogP contribution in [-0.4, -0.2) is 26.6 Å². The Bertz CT molecular complexity index is 760. The van der Waals surface area contributed by atoms with Crippen LogP contribution in [0.1, 0.15) is 18.7 Å². The fourth-order valence-electron chi connectivity index (χ4n) is 2.09. The molecule has 3 heterocycles. The number of aromatic nitrogens is 4. The SMILES string of the molecule is COc1ncnc2c1[nH]c(=S)n2C(C)c1ccco1. The van der Waals surface area contributed by atoms with Crippen LogP contribution in [0.25, 0.3) is 11.2 Å². The molecule has 0 aliphatic rings. The predicted molar refractivity (Wildman–Crippen MR) is 71.8 cm³/mol. The molecule has 98 valence electrons. The first-order valence-electron chi connectivity index (χ1n) is 5.75. The van der Waals surface area contributed by atoms with Gasteiger partial charge in [0.2, 0.25) is 5.88 Å². The van der Waals surface area contributed by atoms with Crippen LogP contribution in [0, 0.1) is 4.77 Å². The van der Waals surface area contributed by atoms with Gasteiger partial charge < -0.3 is 14.1 Å². The van der Waals surface area contributed by atoms with Crippen LogP contribution in [0.15, 0.2) is 29.1 Å². The molecule has 0 bridgehead atoms. The van der Waals surface area contributed by atoms with E-state index in [-0.39, 0.29) is 6.04 Å². The van der Waals surface area contributed by atoms with E-state index in [1.165, 1.54) is 6.33 Å². The van der Waals surface area contributed by atoms with Crippen molar-refractivity contribution in [3.63, 3.8) is 0 Å². The lowest BCUT2D eigenvalue weighted by molar-refractivity contribution is 0.401. The molecule has 0 saturated carbocycles. The monoisotopic (exact) mass is 276 g/mol. The van der Waals surface area contributed by atoms with Crippen molar-refractivity contribution in [1.29, 1.82) is 0 Å². The third-order valence-corrected chi connectivity index (χ3v) is 3.31. The van der Waals surface area contributed by atoms with Crippen molar-refractivity contribution in [1.82, 2.24) is 19.5 Å². The number of methoxy groups -OCH3 is 1. The van der Waals surface area contributed by atoms with Gasteiger partial charge in [0.05, 0.1) is 19.4 Å². The summed E-state index contributed by atoms with van der Waals surface area (Å²) in [6, 6.07) is 3.69. The number of H-pyrrole nitrogens is 1. The smallest absolute Gasteiger partial charge is 0.242 e. The van der Waals surface area contributed by atoms with Crippen LogP contribution < -0.4 is 4.74 Å². The van der Waals surface area contributed by atoms with Gasteiger partial charge in [-0.1, -0.05) is 0 Å². The first-order chi connectivity index (χ1) is 9.22. The number of fused-ring (bicyclic) bond motifs is 1. The van der Waals surface area contributed by atoms with E-state index in [1.54, 1.807) is 13.4 Å². The van der Waals surface area contributed by atoms with Crippen molar-refractivity contribution in [2.75, 3.05) is 7.11 Å². The van der Waals surface area contributed by atoms with Crippen LogP contribution in [0.2, 0.25) is 0 Å². The summed E-state index contributed by atoms with van der Waals surface area (Å²) in [4.78, 5) is 11.4. The number of hydrogen-bond donors (Lipinski definition) is 1. The average Bonchev–Trinajstić information content (AvgIpc) is 3.04. The Hall–Kier alpha value is -2.15. The normalized spacial score (nSPS) is 12.7. The van der Waals surface area contributed by atoms with Gasteiger partial charge in [0, 0.05) is 0 Å². The Kier molecular flexibility index (Phi) is 2.83. The third-order valence-electron chi connectivity index (χ3n) is 3.01. The zero-order chi connectivity index (χ0) is 13.4. The number of furan rings is 1. The van der Waals surface area contributed by atoms with Crippen LogP contribution in [0.4, 0.5) is 0 Å². The first-order valence-corrected chi connectivity index (χ1v) is 6.15. The molecule has 3 aromatic rings. The molecule has 3 aromatic heterocycles. The van der Waals surface area contributed by atoms with Crippen LogP contribution in [-0.2, 0) is 0 Å².